The van der Waals surface area contributed by atoms with Crippen LogP contribution in [0.25, 0.3) is 0 Å². The Bertz CT molecular complexity index is 548. The first kappa shape index (κ1) is 15.3. The number of benzene rings is 1. The molecule has 1 unspecified atom stereocenters. The summed E-state index contributed by atoms with van der Waals surface area (Å²) in [5.74, 6) is 0.713. The lowest BCUT2D eigenvalue weighted by Crippen LogP contribution is -2.50. The summed E-state index contributed by atoms with van der Waals surface area (Å²) in [4.78, 5) is 14.2. The predicted molar refractivity (Wildman–Crippen MR) is 80.2 cm³/mol. The number of aryl methyl sites for hydroxylation is 2. The van der Waals surface area contributed by atoms with Crippen molar-refractivity contribution in [3.05, 3.63) is 28.8 Å². The Labute approximate surface area is 125 Å². The smallest absolute Gasteiger partial charge is 0.263 e. The molecule has 1 aromatic carbocycles. The van der Waals surface area contributed by atoms with Gasteiger partial charge >= 0.3 is 0 Å². The first-order valence-electron chi connectivity index (χ1n) is 7.20. The molecule has 21 heavy (non-hydrogen) atoms. The van der Waals surface area contributed by atoms with Crippen molar-refractivity contribution in [1.82, 2.24) is 10.2 Å². The summed E-state index contributed by atoms with van der Waals surface area (Å²) in [7, 11) is 0. The van der Waals surface area contributed by atoms with Crippen molar-refractivity contribution in [2.45, 2.75) is 26.9 Å². The van der Waals surface area contributed by atoms with Gasteiger partial charge in [-0.05, 0) is 44.0 Å². The van der Waals surface area contributed by atoms with Crippen LogP contribution in [0.5, 0.6) is 5.75 Å². The van der Waals surface area contributed by atoms with E-state index in [0.29, 0.717) is 11.3 Å². The molecule has 1 aliphatic heterocycles. The lowest BCUT2D eigenvalue weighted by molar-refractivity contribution is -0.138. The van der Waals surface area contributed by atoms with Crippen LogP contribution in [0.1, 0.15) is 23.6 Å². The van der Waals surface area contributed by atoms with Gasteiger partial charge in [-0.15, -0.1) is 0 Å². The molecule has 1 saturated heterocycles. The SMILES string of the molecule is Cc1cc(C#N)cc(C)c1OC(C)C(=O)N1CCNCC1. The number of nitriles is 1. The predicted octanol–water partition coefficient (Wildman–Crippen LogP) is 1.37. The minimum Gasteiger partial charge on any atom is -0.480 e. The molecule has 0 bridgehead atoms. The summed E-state index contributed by atoms with van der Waals surface area (Å²) in [5.41, 5.74) is 2.37. The Morgan fingerprint density at radius 2 is 1.90 bits per heavy atom. The fraction of sp³-hybridized carbons (Fsp3) is 0.500. The summed E-state index contributed by atoms with van der Waals surface area (Å²) < 4.78 is 5.87. The Morgan fingerprint density at radius 1 is 1.33 bits per heavy atom. The van der Waals surface area contributed by atoms with Gasteiger partial charge in [0, 0.05) is 26.2 Å². The highest BCUT2D eigenvalue weighted by Crippen LogP contribution is 2.26. The van der Waals surface area contributed by atoms with Gasteiger partial charge in [0.25, 0.3) is 5.91 Å². The average Bonchev–Trinajstić information content (AvgIpc) is 2.50. The standard InChI is InChI=1S/C16H21N3O2/c1-11-8-14(10-17)9-12(2)15(11)21-13(3)16(20)19-6-4-18-5-7-19/h8-9,13,18H,4-7H2,1-3H3. The normalized spacial score (nSPS) is 16.2. The van der Waals surface area contributed by atoms with E-state index in [0.717, 1.165) is 37.3 Å². The zero-order valence-electron chi connectivity index (χ0n) is 12.8. The topological polar surface area (TPSA) is 65.4 Å². The maximum Gasteiger partial charge on any atom is 0.263 e. The molecule has 2 rings (SSSR count). The minimum absolute atomic E-state index is 0.0136. The molecule has 112 valence electrons. The molecule has 5 nitrogen and oxygen atoms in total. The van der Waals surface area contributed by atoms with Crippen LogP contribution in [0.3, 0.4) is 0 Å². The van der Waals surface area contributed by atoms with E-state index in [1.54, 1.807) is 19.1 Å². The maximum atomic E-state index is 12.4. The molecule has 0 aromatic heterocycles. The molecule has 0 saturated carbocycles. The lowest BCUT2D eigenvalue weighted by atomic mass is 10.1. The highest BCUT2D eigenvalue weighted by molar-refractivity contribution is 5.81. The zero-order valence-corrected chi connectivity index (χ0v) is 12.8. The first-order valence-corrected chi connectivity index (χ1v) is 7.20. The minimum atomic E-state index is -0.520. The molecular weight excluding hydrogens is 266 g/mol. The van der Waals surface area contributed by atoms with Gasteiger partial charge in [-0.25, -0.2) is 0 Å². The molecule has 0 spiro atoms. The zero-order chi connectivity index (χ0) is 15.4. The number of rotatable bonds is 3. The Morgan fingerprint density at radius 3 is 2.43 bits per heavy atom. The van der Waals surface area contributed by atoms with Crippen molar-refractivity contribution in [3.63, 3.8) is 0 Å². The van der Waals surface area contributed by atoms with Crippen LogP contribution in [0.15, 0.2) is 12.1 Å². The molecule has 1 aromatic rings. The molecule has 1 atom stereocenters. The third-order valence-corrected chi connectivity index (χ3v) is 3.66. The van der Waals surface area contributed by atoms with Gasteiger partial charge in [0.15, 0.2) is 6.10 Å². The molecule has 0 aliphatic carbocycles. The van der Waals surface area contributed by atoms with Crippen molar-refractivity contribution in [1.29, 1.82) is 5.26 Å². The molecule has 1 aliphatic rings. The highest BCUT2D eigenvalue weighted by Gasteiger charge is 2.24. The van der Waals surface area contributed by atoms with Crippen molar-refractivity contribution >= 4 is 5.91 Å². The second-order valence-corrected chi connectivity index (χ2v) is 5.39. The van der Waals surface area contributed by atoms with Crippen LogP contribution in [-0.4, -0.2) is 43.1 Å². The molecule has 1 amide bonds. The fourth-order valence-corrected chi connectivity index (χ4v) is 2.57. The summed E-state index contributed by atoms with van der Waals surface area (Å²) in [6.45, 7) is 8.66. The number of hydrogen-bond acceptors (Lipinski definition) is 4. The summed E-state index contributed by atoms with van der Waals surface area (Å²) >= 11 is 0. The van der Waals surface area contributed by atoms with Crippen LogP contribution in [0.4, 0.5) is 0 Å². The average molecular weight is 287 g/mol. The molecule has 0 radical (unpaired) electrons. The van der Waals surface area contributed by atoms with Crippen molar-refractivity contribution in [3.8, 4) is 11.8 Å². The van der Waals surface area contributed by atoms with E-state index >= 15 is 0 Å². The van der Waals surface area contributed by atoms with Gasteiger partial charge in [0.1, 0.15) is 5.75 Å². The largest absolute Gasteiger partial charge is 0.480 e. The van der Waals surface area contributed by atoms with E-state index < -0.39 is 6.10 Å². The van der Waals surface area contributed by atoms with Gasteiger partial charge in [0.2, 0.25) is 0 Å². The number of piperazine rings is 1. The van der Waals surface area contributed by atoms with E-state index in [1.165, 1.54) is 0 Å². The van der Waals surface area contributed by atoms with Crippen LogP contribution in [0, 0.1) is 25.2 Å². The van der Waals surface area contributed by atoms with E-state index in [2.05, 4.69) is 11.4 Å². The van der Waals surface area contributed by atoms with E-state index in [4.69, 9.17) is 10.00 Å². The second-order valence-electron chi connectivity index (χ2n) is 5.39. The second kappa shape index (κ2) is 6.59. The van der Waals surface area contributed by atoms with Gasteiger partial charge in [-0.3, -0.25) is 4.79 Å². The highest BCUT2D eigenvalue weighted by atomic mass is 16.5. The third kappa shape index (κ3) is 3.53. The number of hydrogen-bond donors (Lipinski definition) is 1. The molecule has 5 heteroatoms. The van der Waals surface area contributed by atoms with Crippen molar-refractivity contribution < 1.29 is 9.53 Å². The lowest BCUT2D eigenvalue weighted by Gasteiger charge is -2.30. The monoisotopic (exact) mass is 287 g/mol. The molecule has 1 fully saturated rings. The molecular formula is C16H21N3O2. The summed E-state index contributed by atoms with van der Waals surface area (Å²) in [5, 5.41) is 12.2. The Balaban J connectivity index is 2.10. The summed E-state index contributed by atoms with van der Waals surface area (Å²) in [6, 6.07) is 5.69. The van der Waals surface area contributed by atoms with Gasteiger partial charge in [-0.2, -0.15) is 5.26 Å². The number of carbonyl (C=O) groups excluding carboxylic acids is 1. The number of nitrogens with zero attached hydrogens (tertiary/aromatic N) is 2. The third-order valence-electron chi connectivity index (χ3n) is 3.66. The number of carbonyl (C=O) groups is 1. The van der Waals surface area contributed by atoms with Crippen LogP contribution in [0.2, 0.25) is 0 Å². The Kier molecular flexibility index (Phi) is 4.81. The van der Waals surface area contributed by atoms with Crippen molar-refractivity contribution in [2.24, 2.45) is 0 Å². The van der Waals surface area contributed by atoms with Crippen LogP contribution < -0.4 is 10.1 Å². The van der Waals surface area contributed by atoms with Crippen LogP contribution in [-0.2, 0) is 4.79 Å². The van der Waals surface area contributed by atoms with Crippen LogP contribution >= 0.6 is 0 Å². The van der Waals surface area contributed by atoms with E-state index in [9.17, 15) is 4.79 Å². The quantitative estimate of drug-likeness (QED) is 0.912. The van der Waals surface area contributed by atoms with Gasteiger partial charge < -0.3 is 15.0 Å². The number of nitrogens with one attached hydrogen (secondary N) is 1. The molecule has 1 N–H and O–H groups in total. The maximum absolute atomic E-state index is 12.4. The van der Waals surface area contributed by atoms with Gasteiger partial charge in [-0.1, -0.05) is 0 Å². The Hall–Kier alpha value is -2.06. The number of ether oxygens (including phenoxy) is 1. The molecule has 1 heterocycles. The van der Waals surface area contributed by atoms with Gasteiger partial charge in [0.05, 0.1) is 11.6 Å². The summed E-state index contributed by atoms with van der Waals surface area (Å²) in [6.07, 6.45) is -0.520. The van der Waals surface area contributed by atoms with E-state index in [-0.39, 0.29) is 5.91 Å². The van der Waals surface area contributed by atoms with Crippen molar-refractivity contribution in [2.75, 3.05) is 26.2 Å². The van der Waals surface area contributed by atoms with E-state index in [1.807, 2.05) is 18.7 Å². The number of amides is 1. The first-order chi connectivity index (χ1) is 10.0. The fourth-order valence-electron chi connectivity index (χ4n) is 2.57.